The fourth-order valence-electron chi connectivity index (χ4n) is 2.58. The van der Waals surface area contributed by atoms with Gasteiger partial charge in [0, 0.05) is 30.8 Å². The van der Waals surface area contributed by atoms with Gasteiger partial charge >= 0.3 is 0 Å². The highest BCUT2D eigenvalue weighted by molar-refractivity contribution is 5.92. The minimum absolute atomic E-state index is 0.0588. The molecule has 1 saturated heterocycles. The minimum atomic E-state index is -0.0588. The molecule has 1 aliphatic heterocycles. The molecule has 0 spiro atoms. The summed E-state index contributed by atoms with van der Waals surface area (Å²) in [6.07, 6.45) is 2.77. The Morgan fingerprint density at radius 1 is 1.53 bits per heavy atom. The molecular formula is C13H16N4O2. The zero-order valence-corrected chi connectivity index (χ0v) is 11.0. The van der Waals surface area contributed by atoms with Gasteiger partial charge in [-0.2, -0.15) is 5.10 Å². The lowest BCUT2D eigenvalue weighted by Gasteiger charge is -2.14. The SMILES string of the molecule is Cc1cc(C(=O)N2CC[C@H](c3[nH]ncc3C)C2)no1. The van der Waals surface area contributed by atoms with Crippen molar-refractivity contribution >= 4 is 5.91 Å². The van der Waals surface area contributed by atoms with Gasteiger partial charge in [-0.15, -0.1) is 0 Å². The van der Waals surface area contributed by atoms with E-state index in [-0.39, 0.29) is 5.91 Å². The van der Waals surface area contributed by atoms with Gasteiger partial charge in [0.25, 0.3) is 5.91 Å². The summed E-state index contributed by atoms with van der Waals surface area (Å²) >= 11 is 0. The number of rotatable bonds is 2. The first-order valence-corrected chi connectivity index (χ1v) is 6.37. The van der Waals surface area contributed by atoms with Crippen molar-refractivity contribution in [2.75, 3.05) is 13.1 Å². The Labute approximate surface area is 110 Å². The molecule has 3 rings (SSSR count). The third-order valence-electron chi connectivity index (χ3n) is 3.60. The van der Waals surface area contributed by atoms with E-state index in [1.807, 2.05) is 18.0 Å². The van der Waals surface area contributed by atoms with Crippen LogP contribution >= 0.6 is 0 Å². The number of nitrogens with zero attached hydrogens (tertiary/aromatic N) is 3. The molecule has 1 atom stereocenters. The molecule has 1 aliphatic rings. The van der Waals surface area contributed by atoms with Crippen LogP contribution in [0.3, 0.4) is 0 Å². The van der Waals surface area contributed by atoms with Gasteiger partial charge in [-0.25, -0.2) is 0 Å². The molecule has 0 unspecified atom stereocenters. The molecule has 6 nitrogen and oxygen atoms in total. The van der Waals surface area contributed by atoms with Crippen molar-refractivity contribution in [3.05, 3.63) is 35.0 Å². The van der Waals surface area contributed by atoms with E-state index in [1.54, 1.807) is 13.0 Å². The fourth-order valence-corrected chi connectivity index (χ4v) is 2.58. The van der Waals surface area contributed by atoms with Gasteiger partial charge in [-0.3, -0.25) is 9.89 Å². The lowest BCUT2D eigenvalue weighted by atomic mass is 10.0. The molecule has 0 aliphatic carbocycles. The summed E-state index contributed by atoms with van der Waals surface area (Å²) in [5.74, 6) is 0.930. The van der Waals surface area contributed by atoms with Crippen molar-refractivity contribution in [2.45, 2.75) is 26.2 Å². The number of amides is 1. The van der Waals surface area contributed by atoms with Crippen LogP contribution in [0.5, 0.6) is 0 Å². The van der Waals surface area contributed by atoms with Crippen molar-refractivity contribution in [3.8, 4) is 0 Å². The molecule has 6 heteroatoms. The maximum atomic E-state index is 12.2. The fraction of sp³-hybridized carbons (Fsp3) is 0.462. The summed E-state index contributed by atoms with van der Waals surface area (Å²) in [4.78, 5) is 14.1. The van der Waals surface area contributed by atoms with Crippen LogP contribution in [0.25, 0.3) is 0 Å². The highest BCUT2D eigenvalue weighted by Gasteiger charge is 2.30. The molecule has 3 heterocycles. The van der Waals surface area contributed by atoms with Gasteiger partial charge in [-0.1, -0.05) is 5.16 Å². The van der Waals surface area contributed by atoms with E-state index in [0.29, 0.717) is 23.9 Å². The summed E-state index contributed by atoms with van der Waals surface area (Å²) in [5.41, 5.74) is 2.67. The summed E-state index contributed by atoms with van der Waals surface area (Å²) in [5, 5.41) is 10.8. The number of nitrogens with one attached hydrogen (secondary N) is 1. The smallest absolute Gasteiger partial charge is 0.276 e. The average molecular weight is 260 g/mol. The summed E-state index contributed by atoms with van der Waals surface area (Å²) in [6, 6.07) is 1.68. The molecule has 1 amide bonds. The number of aromatic nitrogens is 3. The molecule has 1 fully saturated rings. The number of carbonyl (C=O) groups is 1. The van der Waals surface area contributed by atoms with Crippen molar-refractivity contribution < 1.29 is 9.32 Å². The number of hydrogen-bond acceptors (Lipinski definition) is 4. The maximum absolute atomic E-state index is 12.2. The highest BCUT2D eigenvalue weighted by Crippen LogP contribution is 2.28. The average Bonchev–Trinajstić information content (AvgIpc) is 3.08. The molecule has 0 radical (unpaired) electrons. The summed E-state index contributed by atoms with van der Waals surface area (Å²) in [6.45, 7) is 5.26. The Morgan fingerprint density at radius 3 is 3.00 bits per heavy atom. The number of aryl methyl sites for hydroxylation is 2. The third kappa shape index (κ3) is 2.14. The van der Waals surface area contributed by atoms with Gasteiger partial charge in [0.2, 0.25) is 0 Å². The van der Waals surface area contributed by atoms with E-state index in [4.69, 9.17) is 4.52 Å². The van der Waals surface area contributed by atoms with Crippen molar-refractivity contribution in [1.29, 1.82) is 0 Å². The van der Waals surface area contributed by atoms with Gasteiger partial charge in [-0.05, 0) is 25.8 Å². The third-order valence-corrected chi connectivity index (χ3v) is 3.60. The molecule has 19 heavy (non-hydrogen) atoms. The second kappa shape index (κ2) is 4.53. The van der Waals surface area contributed by atoms with E-state index in [0.717, 1.165) is 24.2 Å². The molecular weight excluding hydrogens is 244 g/mol. The topological polar surface area (TPSA) is 75.0 Å². The van der Waals surface area contributed by atoms with Crippen LogP contribution in [0, 0.1) is 13.8 Å². The standard InChI is InChI=1S/C13H16N4O2/c1-8-6-14-15-12(8)10-3-4-17(7-10)13(18)11-5-9(2)19-16-11/h5-6,10H,3-4,7H2,1-2H3,(H,14,15)/t10-/m0/s1. The number of likely N-dealkylation sites (tertiary alicyclic amines) is 1. The molecule has 0 bridgehead atoms. The molecule has 0 aromatic carbocycles. The minimum Gasteiger partial charge on any atom is -0.361 e. The second-order valence-electron chi connectivity index (χ2n) is 5.03. The van der Waals surface area contributed by atoms with Crippen LogP contribution in [0.4, 0.5) is 0 Å². The zero-order chi connectivity index (χ0) is 13.4. The van der Waals surface area contributed by atoms with Crippen molar-refractivity contribution in [3.63, 3.8) is 0 Å². The molecule has 0 saturated carbocycles. The van der Waals surface area contributed by atoms with Gasteiger partial charge in [0.1, 0.15) is 5.76 Å². The first-order chi connectivity index (χ1) is 9.15. The highest BCUT2D eigenvalue weighted by atomic mass is 16.5. The summed E-state index contributed by atoms with van der Waals surface area (Å²) < 4.78 is 4.95. The largest absolute Gasteiger partial charge is 0.361 e. The van der Waals surface area contributed by atoms with Crippen LogP contribution in [0.1, 0.15) is 39.8 Å². The van der Waals surface area contributed by atoms with E-state index in [2.05, 4.69) is 15.4 Å². The Kier molecular flexibility index (Phi) is 2.85. The van der Waals surface area contributed by atoms with Crippen molar-refractivity contribution in [1.82, 2.24) is 20.3 Å². The number of carbonyl (C=O) groups excluding carboxylic acids is 1. The first kappa shape index (κ1) is 12.0. The lowest BCUT2D eigenvalue weighted by molar-refractivity contribution is 0.0780. The summed E-state index contributed by atoms with van der Waals surface area (Å²) in [7, 11) is 0. The Hall–Kier alpha value is -2.11. The predicted octanol–water partition coefficient (Wildman–Crippen LogP) is 1.64. The van der Waals surface area contributed by atoms with Crippen LogP contribution in [-0.2, 0) is 0 Å². The van der Waals surface area contributed by atoms with E-state index < -0.39 is 0 Å². The molecule has 100 valence electrons. The maximum Gasteiger partial charge on any atom is 0.276 e. The first-order valence-electron chi connectivity index (χ1n) is 6.37. The van der Waals surface area contributed by atoms with Crippen molar-refractivity contribution in [2.24, 2.45) is 0 Å². The van der Waals surface area contributed by atoms with E-state index in [9.17, 15) is 4.79 Å². The van der Waals surface area contributed by atoms with E-state index >= 15 is 0 Å². The van der Waals surface area contributed by atoms with Gasteiger partial charge < -0.3 is 9.42 Å². The number of hydrogen-bond donors (Lipinski definition) is 1. The Bertz CT molecular complexity index is 601. The Balaban J connectivity index is 1.72. The Morgan fingerprint density at radius 2 is 2.37 bits per heavy atom. The zero-order valence-electron chi connectivity index (χ0n) is 11.0. The monoisotopic (exact) mass is 260 g/mol. The van der Waals surface area contributed by atoms with Crippen LogP contribution in [-0.4, -0.2) is 39.3 Å². The van der Waals surface area contributed by atoms with E-state index in [1.165, 1.54) is 0 Å². The predicted molar refractivity (Wildman–Crippen MR) is 67.8 cm³/mol. The number of H-pyrrole nitrogens is 1. The lowest BCUT2D eigenvalue weighted by Crippen LogP contribution is -2.28. The van der Waals surface area contributed by atoms with Gasteiger partial charge in [0.05, 0.1) is 6.20 Å². The number of aromatic amines is 1. The van der Waals surface area contributed by atoms with Crippen LogP contribution in [0.2, 0.25) is 0 Å². The molecule has 2 aromatic rings. The quantitative estimate of drug-likeness (QED) is 0.890. The van der Waals surface area contributed by atoms with Crippen LogP contribution in [0.15, 0.2) is 16.8 Å². The molecule has 1 N–H and O–H groups in total. The molecule has 2 aromatic heterocycles. The normalized spacial score (nSPS) is 19.1. The van der Waals surface area contributed by atoms with Gasteiger partial charge in [0.15, 0.2) is 5.69 Å². The second-order valence-corrected chi connectivity index (χ2v) is 5.03. The van der Waals surface area contributed by atoms with Crippen LogP contribution < -0.4 is 0 Å².